The van der Waals surface area contributed by atoms with Gasteiger partial charge in [0.05, 0.1) is 10.6 Å². The van der Waals surface area contributed by atoms with E-state index in [2.05, 4.69) is 39.1 Å². The van der Waals surface area contributed by atoms with E-state index in [0.29, 0.717) is 17.0 Å². The number of aromatic nitrogens is 2. The number of aromatic amines is 1. The van der Waals surface area contributed by atoms with E-state index in [4.69, 9.17) is 11.6 Å². The molecule has 1 saturated heterocycles. The molecule has 5 nitrogen and oxygen atoms in total. The standard InChI is InChI=1S/C26H24ClN3O2/c1-16-4-5-17(11-21(16)26(31)32)10-20-12-19-13-22(23(27)14-24(19)29-20)18-6-7-25(28-15-18)30-8-2-3-9-30/h4-7,11-15,29H,2-3,8-10H2,1H3,(H,31,32). The first kappa shape index (κ1) is 20.6. The van der Waals surface area contributed by atoms with Crippen LogP contribution < -0.4 is 4.90 Å². The van der Waals surface area contributed by atoms with Gasteiger partial charge in [-0.25, -0.2) is 9.78 Å². The minimum atomic E-state index is -0.901. The number of carboxylic acid groups (broad SMARTS) is 1. The summed E-state index contributed by atoms with van der Waals surface area (Å²) in [6.07, 6.45) is 4.96. The molecule has 0 amide bonds. The van der Waals surface area contributed by atoms with E-state index in [-0.39, 0.29) is 0 Å². The van der Waals surface area contributed by atoms with E-state index in [1.54, 1.807) is 6.07 Å². The molecule has 0 atom stereocenters. The fraction of sp³-hybridized carbons (Fsp3) is 0.231. The fourth-order valence-electron chi connectivity index (χ4n) is 4.44. The van der Waals surface area contributed by atoms with Crippen LogP contribution in [0.25, 0.3) is 22.0 Å². The number of benzene rings is 2. The van der Waals surface area contributed by atoms with Gasteiger partial charge >= 0.3 is 5.97 Å². The number of carbonyl (C=O) groups is 1. The molecule has 0 radical (unpaired) electrons. The van der Waals surface area contributed by atoms with Crippen LogP contribution in [0.5, 0.6) is 0 Å². The molecule has 2 aromatic carbocycles. The number of hydrogen-bond donors (Lipinski definition) is 2. The highest BCUT2D eigenvalue weighted by Gasteiger charge is 2.15. The highest BCUT2D eigenvalue weighted by atomic mass is 35.5. The van der Waals surface area contributed by atoms with E-state index < -0.39 is 5.97 Å². The van der Waals surface area contributed by atoms with Crippen molar-refractivity contribution in [1.82, 2.24) is 9.97 Å². The van der Waals surface area contributed by atoms with Gasteiger partial charge in [-0.05, 0) is 67.3 Å². The van der Waals surface area contributed by atoms with E-state index in [1.165, 1.54) is 12.8 Å². The Kier molecular flexibility index (Phi) is 5.35. The Hall–Kier alpha value is -3.31. The molecule has 1 aliphatic rings. The predicted molar refractivity (Wildman–Crippen MR) is 129 cm³/mol. The maximum Gasteiger partial charge on any atom is 0.335 e. The van der Waals surface area contributed by atoms with Crippen molar-refractivity contribution in [3.63, 3.8) is 0 Å². The summed E-state index contributed by atoms with van der Waals surface area (Å²) < 4.78 is 0. The lowest BCUT2D eigenvalue weighted by molar-refractivity contribution is 0.0696. The van der Waals surface area contributed by atoms with Crippen LogP contribution in [0.1, 0.15) is 40.0 Å². The van der Waals surface area contributed by atoms with Crippen molar-refractivity contribution >= 4 is 34.3 Å². The molecule has 0 unspecified atom stereocenters. The molecule has 1 fully saturated rings. The van der Waals surface area contributed by atoms with Gasteiger partial charge in [0, 0.05) is 53.4 Å². The molecular weight excluding hydrogens is 422 g/mol. The number of aromatic carboxylic acids is 1. The zero-order valence-corrected chi connectivity index (χ0v) is 18.6. The zero-order chi connectivity index (χ0) is 22.2. The van der Waals surface area contributed by atoms with Crippen LogP contribution in [0.4, 0.5) is 5.82 Å². The normalized spacial score (nSPS) is 13.8. The van der Waals surface area contributed by atoms with Crippen LogP contribution >= 0.6 is 11.6 Å². The first-order valence-corrected chi connectivity index (χ1v) is 11.2. The van der Waals surface area contributed by atoms with E-state index >= 15 is 0 Å². The lowest BCUT2D eigenvalue weighted by Crippen LogP contribution is -2.18. The molecule has 3 heterocycles. The molecule has 5 rings (SSSR count). The summed E-state index contributed by atoms with van der Waals surface area (Å²) in [7, 11) is 0. The highest BCUT2D eigenvalue weighted by Crippen LogP contribution is 2.33. The van der Waals surface area contributed by atoms with Crippen molar-refractivity contribution in [1.29, 1.82) is 0 Å². The summed E-state index contributed by atoms with van der Waals surface area (Å²) in [4.78, 5) is 21.8. The van der Waals surface area contributed by atoms with Crippen LogP contribution in [0.15, 0.2) is 54.7 Å². The molecule has 2 N–H and O–H groups in total. The Balaban J connectivity index is 1.43. The first-order valence-electron chi connectivity index (χ1n) is 10.8. The minimum absolute atomic E-state index is 0.341. The van der Waals surface area contributed by atoms with Crippen LogP contribution in [0.2, 0.25) is 5.02 Å². The largest absolute Gasteiger partial charge is 0.478 e. The molecule has 4 aromatic rings. The number of halogens is 1. The third-order valence-corrected chi connectivity index (χ3v) is 6.49. The smallest absolute Gasteiger partial charge is 0.335 e. The van der Waals surface area contributed by atoms with E-state index in [9.17, 15) is 9.90 Å². The molecular formula is C26H24ClN3O2. The van der Waals surface area contributed by atoms with Gasteiger partial charge in [0.15, 0.2) is 0 Å². The number of carboxylic acids is 1. The summed E-state index contributed by atoms with van der Waals surface area (Å²) in [5, 5.41) is 11.1. The number of pyridine rings is 1. The van der Waals surface area contributed by atoms with Crippen LogP contribution in [0.3, 0.4) is 0 Å². The van der Waals surface area contributed by atoms with Gasteiger partial charge < -0.3 is 15.0 Å². The Bertz CT molecular complexity index is 1300. The third-order valence-electron chi connectivity index (χ3n) is 6.18. The second-order valence-corrected chi connectivity index (χ2v) is 8.85. The molecule has 32 heavy (non-hydrogen) atoms. The van der Waals surface area contributed by atoms with Crippen molar-refractivity contribution in [3.05, 3.63) is 82.1 Å². The summed E-state index contributed by atoms with van der Waals surface area (Å²) in [6.45, 7) is 3.95. The number of aryl methyl sites for hydroxylation is 1. The lowest BCUT2D eigenvalue weighted by atomic mass is 10.0. The summed E-state index contributed by atoms with van der Waals surface area (Å²) >= 11 is 6.62. The highest BCUT2D eigenvalue weighted by molar-refractivity contribution is 6.34. The van der Waals surface area contributed by atoms with Crippen molar-refractivity contribution < 1.29 is 9.90 Å². The summed E-state index contributed by atoms with van der Waals surface area (Å²) in [6, 6.07) is 15.9. The van der Waals surface area contributed by atoms with Crippen molar-refractivity contribution in [2.24, 2.45) is 0 Å². The van der Waals surface area contributed by atoms with E-state index in [0.717, 1.165) is 57.8 Å². The number of nitrogens with one attached hydrogen (secondary N) is 1. The number of nitrogens with zero attached hydrogens (tertiary/aromatic N) is 2. The lowest BCUT2D eigenvalue weighted by Gasteiger charge is -2.16. The minimum Gasteiger partial charge on any atom is -0.478 e. The molecule has 0 spiro atoms. The Morgan fingerprint density at radius 1 is 1.12 bits per heavy atom. The van der Waals surface area contributed by atoms with Crippen molar-refractivity contribution in [2.45, 2.75) is 26.2 Å². The average molecular weight is 446 g/mol. The van der Waals surface area contributed by atoms with Crippen molar-refractivity contribution in [2.75, 3.05) is 18.0 Å². The molecule has 162 valence electrons. The van der Waals surface area contributed by atoms with Crippen molar-refractivity contribution in [3.8, 4) is 11.1 Å². The molecule has 0 saturated carbocycles. The van der Waals surface area contributed by atoms with Gasteiger partial charge in [0.25, 0.3) is 0 Å². The molecule has 6 heteroatoms. The van der Waals surface area contributed by atoms with E-state index in [1.807, 2.05) is 31.3 Å². The van der Waals surface area contributed by atoms with Gasteiger partial charge in [0.2, 0.25) is 0 Å². The quantitative estimate of drug-likeness (QED) is 0.390. The number of H-pyrrole nitrogens is 1. The average Bonchev–Trinajstić information content (AvgIpc) is 3.44. The number of anilines is 1. The van der Waals surface area contributed by atoms with Gasteiger partial charge in [-0.1, -0.05) is 23.7 Å². The van der Waals surface area contributed by atoms with Gasteiger partial charge in [-0.2, -0.15) is 0 Å². The zero-order valence-electron chi connectivity index (χ0n) is 17.9. The predicted octanol–water partition coefficient (Wildman–Crippen LogP) is 6.08. The van der Waals surface area contributed by atoms with Gasteiger partial charge in [-0.15, -0.1) is 0 Å². The van der Waals surface area contributed by atoms with Crippen LogP contribution in [-0.2, 0) is 6.42 Å². The summed E-state index contributed by atoms with van der Waals surface area (Å²) in [5.74, 6) is 0.119. The molecule has 0 aliphatic carbocycles. The third kappa shape index (κ3) is 3.96. The maximum absolute atomic E-state index is 11.4. The SMILES string of the molecule is Cc1ccc(Cc2cc3cc(-c4ccc(N5CCCC5)nc4)c(Cl)cc3[nH]2)cc1C(=O)O. The Labute approximate surface area is 191 Å². The molecule has 1 aliphatic heterocycles. The molecule has 2 aromatic heterocycles. The second-order valence-electron chi connectivity index (χ2n) is 8.44. The number of fused-ring (bicyclic) bond motifs is 1. The maximum atomic E-state index is 11.4. The first-order chi connectivity index (χ1) is 15.5. The molecule has 0 bridgehead atoms. The fourth-order valence-corrected chi connectivity index (χ4v) is 4.71. The van der Waals surface area contributed by atoms with Crippen LogP contribution in [0, 0.1) is 6.92 Å². The van der Waals surface area contributed by atoms with Gasteiger partial charge in [0.1, 0.15) is 5.82 Å². The van der Waals surface area contributed by atoms with Crippen LogP contribution in [-0.4, -0.2) is 34.1 Å². The van der Waals surface area contributed by atoms with Gasteiger partial charge in [-0.3, -0.25) is 0 Å². The number of hydrogen-bond acceptors (Lipinski definition) is 3. The second kappa shape index (κ2) is 8.32. The summed E-state index contributed by atoms with van der Waals surface area (Å²) in [5.41, 5.74) is 5.97. The monoisotopic (exact) mass is 445 g/mol. The Morgan fingerprint density at radius 2 is 1.94 bits per heavy atom. The number of rotatable bonds is 5. The Morgan fingerprint density at radius 3 is 2.66 bits per heavy atom. The topological polar surface area (TPSA) is 69.2 Å².